The zero-order valence-corrected chi connectivity index (χ0v) is 17.0. The van der Waals surface area contributed by atoms with Crippen LogP contribution in [-0.2, 0) is 27.4 Å². The summed E-state index contributed by atoms with van der Waals surface area (Å²) in [6, 6.07) is 17.2. The van der Waals surface area contributed by atoms with Crippen molar-refractivity contribution in [3.63, 3.8) is 0 Å². The normalized spacial score (nSPS) is 18.7. The summed E-state index contributed by atoms with van der Waals surface area (Å²) in [5.74, 6) is 0.418. The van der Waals surface area contributed by atoms with Crippen molar-refractivity contribution < 1.29 is 19.1 Å². The van der Waals surface area contributed by atoms with Gasteiger partial charge < -0.3 is 19.7 Å². The average molecular weight is 396 g/mol. The number of nitrogens with zero attached hydrogens (tertiary/aromatic N) is 1. The molecule has 1 fully saturated rings. The molecule has 6 heteroatoms. The van der Waals surface area contributed by atoms with Crippen LogP contribution in [0, 0.1) is 5.92 Å². The molecule has 3 rings (SSSR count). The van der Waals surface area contributed by atoms with Gasteiger partial charge in [-0.05, 0) is 30.2 Å². The molecular weight excluding hydrogens is 368 g/mol. The van der Waals surface area contributed by atoms with E-state index in [9.17, 15) is 9.59 Å². The van der Waals surface area contributed by atoms with Crippen LogP contribution >= 0.6 is 0 Å². The van der Waals surface area contributed by atoms with E-state index in [2.05, 4.69) is 5.32 Å². The van der Waals surface area contributed by atoms with Crippen LogP contribution in [0.5, 0.6) is 5.75 Å². The Hall–Kier alpha value is -2.86. The van der Waals surface area contributed by atoms with Crippen LogP contribution in [-0.4, -0.2) is 43.1 Å². The maximum atomic E-state index is 13.1. The van der Waals surface area contributed by atoms with Crippen LogP contribution in [0.3, 0.4) is 0 Å². The summed E-state index contributed by atoms with van der Waals surface area (Å²) in [6.45, 7) is 3.74. The second-order valence-corrected chi connectivity index (χ2v) is 7.18. The van der Waals surface area contributed by atoms with E-state index in [1.165, 1.54) is 0 Å². The molecule has 1 saturated heterocycles. The van der Waals surface area contributed by atoms with E-state index in [1.807, 2.05) is 59.5 Å². The van der Waals surface area contributed by atoms with Gasteiger partial charge in [0.1, 0.15) is 5.75 Å². The topological polar surface area (TPSA) is 67.9 Å². The first-order valence-electron chi connectivity index (χ1n) is 9.95. The predicted octanol–water partition coefficient (Wildman–Crippen LogP) is 2.77. The van der Waals surface area contributed by atoms with Crippen LogP contribution in [0.1, 0.15) is 24.5 Å². The minimum Gasteiger partial charge on any atom is -0.497 e. The first-order chi connectivity index (χ1) is 14.1. The number of nitrogens with one attached hydrogen (secondary N) is 1. The van der Waals surface area contributed by atoms with Gasteiger partial charge in [0.2, 0.25) is 5.91 Å². The number of ether oxygens (including phenoxy) is 2. The van der Waals surface area contributed by atoms with Gasteiger partial charge in [-0.3, -0.25) is 9.59 Å². The van der Waals surface area contributed by atoms with Crippen molar-refractivity contribution in [2.24, 2.45) is 5.92 Å². The van der Waals surface area contributed by atoms with E-state index in [0.29, 0.717) is 26.2 Å². The molecule has 6 nitrogen and oxygen atoms in total. The summed E-state index contributed by atoms with van der Waals surface area (Å²) in [6.07, 6.45) is 0.227. The van der Waals surface area contributed by atoms with E-state index < -0.39 is 6.04 Å². The monoisotopic (exact) mass is 396 g/mol. The van der Waals surface area contributed by atoms with Gasteiger partial charge >= 0.3 is 5.97 Å². The summed E-state index contributed by atoms with van der Waals surface area (Å²) < 4.78 is 10.3. The number of hydrogen-bond donors (Lipinski definition) is 1. The van der Waals surface area contributed by atoms with Crippen molar-refractivity contribution in [2.75, 3.05) is 20.3 Å². The number of carbonyl (C=O) groups is 2. The third-order valence-electron chi connectivity index (χ3n) is 5.14. The first-order valence-corrected chi connectivity index (χ1v) is 9.95. The third-order valence-corrected chi connectivity index (χ3v) is 5.14. The largest absolute Gasteiger partial charge is 0.497 e. The van der Waals surface area contributed by atoms with Crippen LogP contribution in [0.25, 0.3) is 0 Å². The Morgan fingerprint density at radius 2 is 1.83 bits per heavy atom. The molecule has 1 amide bonds. The predicted molar refractivity (Wildman–Crippen MR) is 110 cm³/mol. The van der Waals surface area contributed by atoms with Gasteiger partial charge in [0, 0.05) is 25.6 Å². The number of likely N-dealkylation sites (tertiary alicyclic amines) is 1. The van der Waals surface area contributed by atoms with Gasteiger partial charge in [-0.2, -0.15) is 0 Å². The Bertz CT molecular complexity index is 807. The molecule has 1 N–H and O–H groups in total. The van der Waals surface area contributed by atoms with Crippen molar-refractivity contribution >= 4 is 11.9 Å². The molecule has 1 heterocycles. The van der Waals surface area contributed by atoms with Gasteiger partial charge in [-0.1, -0.05) is 42.5 Å². The summed E-state index contributed by atoms with van der Waals surface area (Å²) in [5.41, 5.74) is 2.13. The van der Waals surface area contributed by atoms with Crippen LogP contribution in [0.4, 0.5) is 0 Å². The molecule has 0 aromatic heterocycles. The smallest absolute Gasteiger partial charge is 0.306 e. The lowest BCUT2D eigenvalue weighted by atomic mass is 9.99. The Balaban J connectivity index is 1.69. The van der Waals surface area contributed by atoms with E-state index in [4.69, 9.17) is 9.47 Å². The highest BCUT2D eigenvalue weighted by atomic mass is 16.5. The van der Waals surface area contributed by atoms with Crippen LogP contribution < -0.4 is 10.1 Å². The number of methoxy groups -OCH3 is 1. The molecule has 2 atom stereocenters. The maximum Gasteiger partial charge on any atom is 0.306 e. The second-order valence-electron chi connectivity index (χ2n) is 7.18. The van der Waals surface area contributed by atoms with Crippen LogP contribution in [0.2, 0.25) is 0 Å². The fourth-order valence-electron chi connectivity index (χ4n) is 3.66. The lowest BCUT2D eigenvalue weighted by Crippen LogP contribution is -2.41. The van der Waals surface area contributed by atoms with E-state index in [0.717, 1.165) is 16.9 Å². The quantitative estimate of drug-likeness (QED) is 0.660. The Labute approximate surface area is 171 Å². The van der Waals surface area contributed by atoms with Crippen molar-refractivity contribution in [2.45, 2.75) is 32.5 Å². The number of hydrogen-bond acceptors (Lipinski definition) is 5. The second kappa shape index (κ2) is 10.1. The summed E-state index contributed by atoms with van der Waals surface area (Å²) >= 11 is 0. The molecule has 29 heavy (non-hydrogen) atoms. The highest BCUT2D eigenvalue weighted by Gasteiger charge is 2.41. The summed E-state index contributed by atoms with van der Waals surface area (Å²) in [4.78, 5) is 27.0. The van der Waals surface area contributed by atoms with Crippen molar-refractivity contribution in [3.8, 4) is 5.75 Å². The lowest BCUT2D eigenvalue weighted by Gasteiger charge is -2.18. The third kappa shape index (κ3) is 5.57. The van der Waals surface area contributed by atoms with E-state index in [1.54, 1.807) is 14.0 Å². The standard InChI is InChI=1S/C23H28N2O4/c1-3-29-21(26)13-19-16-25(15-18-9-11-20(28-2)12-10-18)23(27)22(19)24-14-17-7-5-4-6-8-17/h4-12,19,22,24H,3,13-16H2,1-2H3/t19-,22+/m0/s1. The van der Waals surface area contributed by atoms with Crippen LogP contribution in [0.15, 0.2) is 54.6 Å². The van der Waals surface area contributed by atoms with Gasteiger partial charge in [-0.25, -0.2) is 0 Å². The molecule has 0 saturated carbocycles. The molecule has 0 aliphatic carbocycles. The van der Waals surface area contributed by atoms with Gasteiger partial charge in [-0.15, -0.1) is 0 Å². The molecule has 2 aromatic carbocycles. The molecule has 0 unspecified atom stereocenters. The Morgan fingerprint density at radius 1 is 1.10 bits per heavy atom. The highest BCUT2D eigenvalue weighted by Crippen LogP contribution is 2.25. The molecule has 154 valence electrons. The number of amides is 1. The van der Waals surface area contributed by atoms with E-state index >= 15 is 0 Å². The van der Waals surface area contributed by atoms with Crippen molar-refractivity contribution in [1.29, 1.82) is 0 Å². The summed E-state index contributed by atoms with van der Waals surface area (Å²) in [7, 11) is 1.63. The zero-order chi connectivity index (χ0) is 20.6. The minimum absolute atomic E-state index is 0.0195. The maximum absolute atomic E-state index is 13.1. The number of benzene rings is 2. The zero-order valence-electron chi connectivity index (χ0n) is 17.0. The van der Waals surface area contributed by atoms with Gasteiger partial charge in [0.15, 0.2) is 0 Å². The molecule has 0 bridgehead atoms. The number of esters is 1. The van der Waals surface area contributed by atoms with Crippen molar-refractivity contribution in [1.82, 2.24) is 10.2 Å². The SMILES string of the molecule is CCOC(=O)C[C@H]1CN(Cc2ccc(OC)cc2)C(=O)[C@@H]1NCc1ccccc1. The van der Waals surface area contributed by atoms with Gasteiger partial charge in [0.05, 0.1) is 26.2 Å². The fourth-order valence-corrected chi connectivity index (χ4v) is 3.66. The number of rotatable bonds is 9. The molecule has 2 aromatic rings. The summed E-state index contributed by atoms with van der Waals surface area (Å²) in [5, 5.41) is 3.36. The minimum atomic E-state index is -0.405. The Kier molecular flexibility index (Phi) is 7.25. The highest BCUT2D eigenvalue weighted by molar-refractivity contribution is 5.85. The lowest BCUT2D eigenvalue weighted by molar-refractivity contribution is -0.144. The molecular formula is C23H28N2O4. The Morgan fingerprint density at radius 3 is 2.48 bits per heavy atom. The molecule has 0 spiro atoms. The molecule has 1 aliphatic heterocycles. The van der Waals surface area contributed by atoms with Gasteiger partial charge in [0.25, 0.3) is 0 Å². The number of carbonyl (C=O) groups excluding carboxylic acids is 2. The molecule has 0 radical (unpaired) electrons. The first kappa shape index (κ1) is 20.9. The average Bonchev–Trinajstić information content (AvgIpc) is 3.02. The van der Waals surface area contributed by atoms with Crippen molar-refractivity contribution in [3.05, 3.63) is 65.7 Å². The van der Waals surface area contributed by atoms with E-state index in [-0.39, 0.29) is 24.2 Å². The molecule has 1 aliphatic rings. The fraction of sp³-hybridized carbons (Fsp3) is 0.391.